The first-order valence-electron chi connectivity index (χ1n) is 14.1. The second-order valence-electron chi connectivity index (χ2n) is 11.1. The van der Waals surface area contributed by atoms with E-state index < -0.39 is 5.92 Å². The van der Waals surface area contributed by atoms with E-state index in [0.717, 1.165) is 63.0 Å². The van der Waals surface area contributed by atoms with Gasteiger partial charge in [0.1, 0.15) is 5.82 Å². The lowest BCUT2D eigenvalue weighted by Crippen LogP contribution is -2.39. The van der Waals surface area contributed by atoms with Crippen molar-refractivity contribution in [2.45, 2.75) is 56.6 Å². The summed E-state index contributed by atoms with van der Waals surface area (Å²) in [5, 5.41) is 12.7. The average Bonchev–Trinajstić information content (AvgIpc) is 2.98. The first-order valence-corrected chi connectivity index (χ1v) is 15.1. The number of nitrogens with two attached hydrogens (primary N) is 1. The maximum atomic E-state index is 13.8. The summed E-state index contributed by atoms with van der Waals surface area (Å²) in [4.78, 5) is 17.0. The van der Waals surface area contributed by atoms with Gasteiger partial charge in [-0.3, -0.25) is 9.69 Å². The van der Waals surface area contributed by atoms with Crippen molar-refractivity contribution in [1.29, 1.82) is 5.26 Å². The van der Waals surface area contributed by atoms with Crippen LogP contribution in [0.5, 0.6) is 0 Å². The molecule has 2 aliphatic rings. The third kappa shape index (κ3) is 4.83. The van der Waals surface area contributed by atoms with Crippen LogP contribution in [0.25, 0.3) is 10.8 Å². The van der Waals surface area contributed by atoms with E-state index >= 15 is 0 Å². The van der Waals surface area contributed by atoms with Gasteiger partial charge in [0.25, 0.3) is 0 Å². The minimum atomic E-state index is -0.475. The number of carbonyl (C=O) groups is 1. The largest absolute Gasteiger partial charge is 0.384 e. The fourth-order valence-corrected chi connectivity index (χ4v) is 7.24. The van der Waals surface area contributed by atoms with Crippen molar-refractivity contribution in [3.05, 3.63) is 129 Å². The molecule has 1 atom stereocenters. The van der Waals surface area contributed by atoms with Crippen molar-refractivity contribution in [3.8, 4) is 6.07 Å². The van der Waals surface area contributed by atoms with Crippen molar-refractivity contribution in [2.75, 3.05) is 4.90 Å². The molecule has 0 saturated carbocycles. The summed E-state index contributed by atoms with van der Waals surface area (Å²) in [7, 11) is 0. The highest BCUT2D eigenvalue weighted by Crippen LogP contribution is 2.48. The Balaban J connectivity index is 1.50. The van der Waals surface area contributed by atoms with Crippen LogP contribution in [0.2, 0.25) is 0 Å². The van der Waals surface area contributed by atoms with Crippen molar-refractivity contribution in [1.82, 2.24) is 0 Å². The molecule has 0 amide bonds. The highest BCUT2D eigenvalue weighted by Gasteiger charge is 2.41. The molecule has 1 aliphatic carbocycles. The van der Waals surface area contributed by atoms with Crippen molar-refractivity contribution < 1.29 is 4.79 Å². The van der Waals surface area contributed by atoms with Crippen LogP contribution in [-0.4, -0.2) is 5.78 Å². The zero-order chi connectivity index (χ0) is 28.7. The number of nitrogens with zero attached hydrogens (tertiary/aromatic N) is 2. The van der Waals surface area contributed by atoms with E-state index in [-0.39, 0.29) is 5.78 Å². The lowest BCUT2D eigenvalue weighted by molar-refractivity contribution is -0.116. The van der Waals surface area contributed by atoms with E-state index in [2.05, 4.69) is 81.4 Å². The first-order chi connectivity index (χ1) is 19.9. The molecule has 4 aromatic rings. The van der Waals surface area contributed by atoms with Crippen molar-refractivity contribution >= 4 is 34.0 Å². The maximum Gasteiger partial charge on any atom is 0.161 e. The van der Waals surface area contributed by atoms with Gasteiger partial charge in [0.2, 0.25) is 0 Å². The summed E-state index contributed by atoms with van der Waals surface area (Å²) in [6.45, 7) is 6.30. The molecule has 0 aromatic heterocycles. The maximum absolute atomic E-state index is 13.8. The van der Waals surface area contributed by atoms with Crippen LogP contribution in [0, 0.1) is 32.1 Å². The first kappa shape index (κ1) is 26.9. The van der Waals surface area contributed by atoms with Gasteiger partial charge in [-0.05, 0) is 73.9 Å². The van der Waals surface area contributed by atoms with Crippen LogP contribution >= 0.6 is 11.8 Å². The molecule has 0 spiro atoms. The number of rotatable bonds is 5. The number of nitriles is 1. The SMILES string of the molecule is Cc1ccc(SCc2cc(C)cc(C3C(C#N)=C(N)N(c4cccc5ccccc45)C4=C3C(=O)CCC4)c2C)cc1. The summed E-state index contributed by atoms with van der Waals surface area (Å²) >= 11 is 1.80. The van der Waals surface area contributed by atoms with Gasteiger partial charge in [-0.25, -0.2) is 0 Å². The molecule has 6 rings (SSSR count). The number of carbonyl (C=O) groups excluding carboxylic acids is 1. The highest BCUT2D eigenvalue weighted by molar-refractivity contribution is 7.98. The minimum Gasteiger partial charge on any atom is -0.384 e. The number of hydrogen-bond acceptors (Lipinski definition) is 5. The Kier molecular flexibility index (Phi) is 7.19. The molecule has 0 bridgehead atoms. The molecule has 2 N–H and O–H groups in total. The third-order valence-electron chi connectivity index (χ3n) is 8.35. The van der Waals surface area contributed by atoms with E-state index in [1.54, 1.807) is 11.8 Å². The predicted octanol–water partition coefficient (Wildman–Crippen LogP) is 8.36. The number of allylic oxidation sites excluding steroid dienone is 3. The summed E-state index contributed by atoms with van der Waals surface area (Å²) in [5.74, 6) is 0.855. The van der Waals surface area contributed by atoms with Crippen LogP contribution in [0.4, 0.5) is 5.69 Å². The van der Waals surface area contributed by atoms with Gasteiger partial charge in [-0.2, -0.15) is 5.26 Å². The number of ketones is 1. The Labute approximate surface area is 246 Å². The Morgan fingerprint density at radius 2 is 1.71 bits per heavy atom. The van der Waals surface area contributed by atoms with Crippen molar-refractivity contribution in [2.24, 2.45) is 5.73 Å². The Morgan fingerprint density at radius 1 is 0.951 bits per heavy atom. The summed E-state index contributed by atoms with van der Waals surface area (Å²) in [5.41, 5.74) is 15.6. The smallest absolute Gasteiger partial charge is 0.161 e. The van der Waals surface area contributed by atoms with E-state index in [4.69, 9.17) is 5.73 Å². The topological polar surface area (TPSA) is 70.1 Å². The van der Waals surface area contributed by atoms with Gasteiger partial charge in [0.15, 0.2) is 5.78 Å². The summed E-state index contributed by atoms with van der Waals surface area (Å²) < 4.78 is 0. The Morgan fingerprint density at radius 3 is 2.49 bits per heavy atom. The monoisotopic (exact) mass is 555 g/mol. The molecule has 4 nitrogen and oxygen atoms in total. The van der Waals surface area contributed by atoms with E-state index in [9.17, 15) is 10.1 Å². The van der Waals surface area contributed by atoms with Crippen LogP contribution in [0.3, 0.4) is 0 Å². The van der Waals surface area contributed by atoms with Gasteiger partial charge in [-0.1, -0.05) is 71.8 Å². The zero-order valence-corrected chi connectivity index (χ0v) is 24.5. The number of anilines is 1. The Hall–Kier alpha value is -4.27. The highest BCUT2D eigenvalue weighted by atomic mass is 32.2. The quantitative estimate of drug-likeness (QED) is 0.251. The van der Waals surface area contributed by atoms with Crippen LogP contribution in [-0.2, 0) is 10.5 Å². The summed E-state index contributed by atoms with van der Waals surface area (Å²) in [6, 6.07) is 29.7. The normalized spacial score (nSPS) is 17.2. The lowest BCUT2D eigenvalue weighted by Gasteiger charge is -2.40. The number of benzene rings is 4. The number of hydrogen-bond donors (Lipinski definition) is 1. The van der Waals surface area contributed by atoms with Gasteiger partial charge in [-0.15, -0.1) is 11.8 Å². The number of thioether (sulfide) groups is 1. The standard InChI is InChI=1S/C36H33N3OS/c1-22-14-16-27(17-15-22)41-21-26-18-23(2)19-29(24(26)3)34-30(20-37)36(38)39(32-12-7-13-33(40)35(32)34)31-11-6-9-25-8-4-5-10-28(25)31/h4-6,8-11,14-19,34H,7,12-13,21,38H2,1-3H3. The fourth-order valence-electron chi connectivity index (χ4n) is 6.28. The summed E-state index contributed by atoms with van der Waals surface area (Å²) in [6.07, 6.45) is 1.99. The average molecular weight is 556 g/mol. The van der Waals surface area contributed by atoms with Gasteiger partial charge in [0.05, 0.1) is 23.2 Å². The van der Waals surface area contributed by atoms with Gasteiger partial charge >= 0.3 is 0 Å². The molecule has 0 saturated heterocycles. The van der Waals surface area contributed by atoms with E-state index in [1.807, 2.05) is 29.2 Å². The lowest BCUT2D eigenvalue weighted by atomic mass is 9.73. The van der Waals surface area contributed by atoms with Crippen LogP contribution in [0.1, 0.15) is 53.0 Å². The Bertz CT molecular complexity index is 1790. The molecular formula is C36H33N3OS. The van der Waals surface area contributed by atoms with Gasteiger partial charge < -0.3 is 5.73 Å². The third-order valence-corrected chi connectivity index (χ3v) is 9.41. The number of fused-ring (bicyclic) bond motifs is 1. The molecule has 1 heterocycles. The molecular weight excluding hydrogens is 522 g/mol. The fraction of sp³-hybridized carbons (Fsp3) is 0.222. The predicted molar refractivity (Wildman–Crippen MR) is 169 cm³/mol. The zero-order valence-electron chi connectivity index (χ0n) is 23.7. The van der Waals surface area contributed by atoms with E-state index in [1.165, 1.54) is 16.0 Å². The van der Waals surface area contributed by atoms with Gasteiger partial charge in [0, 0.05) is 33.7 Å². The number of Topliss-reactive ketones (excluding diaryl/α,β-unsaturated/α-hetero) is 1. The molecule has 0 fully saturated rings. The molecule has 1 unspecified atom stereocenters. The molecule has 5 heteroatoms. The van der Waals surface area contributed by atoms with Crippen LogP contribution in [0.15, 0.2) is 106 Å². The number of aryl methyl sites for hydroxylation is 2. The minimum absolute atomic E-state index is 0.109. The second kappa shape index (κ2) is 11.0. The molecule has 0 radical (unpaired) electrons. The molecule has 4 aromatic carbocycles. The molecule has 41 heavy (non-hydrogen) atoms. The molecule has 1 aliphatic heterocycles. The second-order valence-corrected chi connectivity index (χ2v) is 12.1. The van der Waals surface area contributed by atoms with Crippen molar-refractivity contribution in [3.63, 3.8) is 0 Å². The molecule has 204 valence electrons. The van der Waals surface area contributed by atoms with E-state index in [0.29, 0.717) is 17.8 Å². The van der Waals surface area contributed by atoms with Crippen LogP contribution < -0.4 is 10.6 Å².